The van der Waals surface area contributed by atoms with Crippen LogP contribution >= 0.6 is 0 Å². The number of aromatic nitrogens is 3. The van der Waals surface area contributed by atoms with Gasteiger partial charge in [-0.05, 0) is 17.7 Å². The van der Waals surface area contributed by atoms with Crippen LogP contribution < -0.4 is 5.73 Å². The van der Waals surface area contributed by atoms with E-state index in [1.165, 1.54) is 0 Å². The van der Waals surface area contributed by atoms with Crippen molar-refractivity contribution in [2.45, 2.75) is 6.42 Å². The van der Waals surface area contributed by atoms with Crippen LogP contribution in [0.15, 0.2) is 42.6 Å². The summed E-state index contributed by atoms with van der Waals surface area (Å²) >= 11 is 0. The Kier molecular flexibility index (Phi) is 2.72. The summed E-state index contributed by atoms with van der Waals surface area (Å²) in [5, 5.41) is 15.4. The van der Waals surface area contributed by atoms with Crippen LogP contribution in [0.4, 0.5) is 0 Å². The Labute approximate surface area is 110 Å². The molecule has 0 fully saturated rings. The van der Waals surface area contributed by atoms with E-state index in [1.807, 2.05) is 36.4 Å². The second-order valence-corrected chi connectivity index (χ2v) is 4.32. The maximum Gasteiger partial charge on any atom is 0.144 e. The Hall–Kier alpha value is -2.69. The number of nitrogen functional groups attached to an aromatic ring is 1. The predicted molar refractivity (Wildman–Crippen MR) is 74.2 cm³/mol. The summed E-state index contributed by atoms with van der Waals surface area (Å²) in [6, 6.07) is 11.7. The summed E-state index contributed by atoms with van der Waals surface area (Å²) in [6.45, 7) is 0. The molecule has 2 heterocycles. The second kappa shape index (κ2) is 4.53. The molecule has 4 N–H and O–H groups in total. The third-order valence-corrected chi connectivity index (χ3v) is 3.04. The molecule has 0 spiro atoms. The molecule has 0 aliphatic heterocycles. The predicted octanol–water partition coefficient (Wildman–Crippen LogP) is 1.83. The Balaban J connectivity index is 2.07. The first kappa shape index (κ1) is 11.4. The molecule has 3 rings (SSSR count). The number of aromatic amines is 1. The summed E-state index contributed by atoms with van der Waals surface area (Å²) in [5.74, 6) is -0.0266. The van der Waals surface area contributed by atoms with Gasteiger partial charge in [0.15, 0.2) is 0 Å². The van der Waals surface area contributed by atoms with Crippen LogP contribution in [0.2, 0.25) is 0 Å². The molecule has 0 unspecified atom stereocenters. The van der Waals surface area contributed by atoms with Crippen LogP contribution in [-0.4, -0.2) is 21.0 Å². The minimum Gasteiger partial charge on any atom is -0.382 e. The standard InChI is InChI=1S/C14H13N5/c15-14(16)13-11-6-3-4-9(12(11)18-19-13)8-10-5-1-2-7-17-10/h1-7H,8H2,(H3,15,16)(H,18,19). The lowest BCUT2D eigenvalue weighted by Gasteiger charge is -2.02. The maximum absolute atomic E-state index is 7.51. The van der Waals surface area contributed by atoms with Crippen molar-refractivity contribution in [3.05, 3.63) is 59.5 Å². The van der Waals surface area contributed by atoms with Crippen LogP contribution in [0.3, 0.4) is 0 Å². The molecule has 0 amide bonds. The van der Waals surface area contributed by atoms with Gasteiger partial charge in [0, 0.05) is 23.7 Å². The van der Waals surface area contributed by atoms with Gasteiger partial charge in [0.2, 0.25) is 0 Å². The van der Waals surface area contributed by atoms with E-state index in [2.05, 4.69) is 15.2 Å². The van der Waals surface area contributed by atoms with E-state index < -0.39 is 0 Å². The molecular formula is C14H13N5. The lowest BCUT2D eigenvalue weighted by molar-refractivity contribution is 1.06. The highest BCUT2D eigenvalue weighted by Crippen LogP contribution is 2.21. The number of benzene rings is 1. The summed E-state index contributed by atoms with van der Waals surface area (Å²) in [4.78, 5) is 4.32. The number of nitrogens with two attached hydrogens (primary N) is 1. The molecule has 19 heavy (non-hydrogen) atoms. The number of amidine groups is 1. The molecule has 2 aromatic heterocycles. The summed E-state index contributed by atoms with van der Waals surface area (Å²) < 4.78 is 0. The van der Waals surface area contributed by atoms with E-state index in [9.17, 15) is 0 Å². The van der Waals surface area contributed by atoms with E-state index in [-0.39, 0.29) is 5.84 Å². The third-order valence-electron chi connectivity index (χ3n) is 3.04. The first-order valence-corrected chi connectivity index (χ1v) is 5.96. The van der Waals surface area contributed by atoms with Crippen molar-refractivity contribution in [3.8, 4) is 0 Å². The van der Waals surface area contributed by atoms with Gasteiger partial charge in [-0.1, -0.05) is 24.3 Å². The number of nitrogens with one attached hydrogen (secondary N) is 2. The molecule has 0 atom stereocenters. The summed E-state index contributed by atoms with van der Waals surface area (Å²) in [7, 11) is 0. The van der Waals surface area contributed by atoms with Gasteiger partial charge in [0.1, 0.15) is 11.5 Å². The zero-order chi connectivity index (χ0) is 13.2. The highest BCUT2D eigenvalue weighted by Gasteiger charge is 2.11. The average Bonchev–Trinajstić information content (AvgIpc) is 2.85. The van der Waals surface area contributed by atoms with E-state index in [0.29, 0.717) is 5.69 Å². The fourth-order valence-corrected chi connectivity index (χ4v) is 2.15. The largest absolute Gasteiger partial charge is 0.382 e. The molecule has 0 bridgehead atoms. The van der Waals surface area contributed by atoms with Crippen LogP contribution in [0.5, 0.6) is 0 Å². The minimum absolute atomic E-state index is 0.0266. The van der Waals surface area contributed by atoms with E-state index in [1.54, 1.807) is 6.20 Å². The van der Waals surface area contributed by atoms with Crippen LogP contribution in [0, 0.1) is 5.41 Å². The molecule has 94 valence electrons. The lowest BCUT2D eigenvalue weighted by Crippen LogP contribution is -2.11. The molecule has 0 saturated heterocycles. The Morgan fingerprint density at radius 2 is 2.11 bits per heavy atom. The first-order chi connectivity index (χ1) is 9.25. The Morgan fingerprint density at radius 1 is 1.21 bits per heavy atom. The van der Waals surface area contributed by atoms with Crippen molar-refractivity contribution in [2.24, 2.45) is 5.73 Å². The SMILES string of the molecule is N=C(N)c1n[nH]c2c(Cc3ccccn3)cccc12. The van der Waals surface area contributed by atoms with Gasteiger partial charge in [-0.2, -0.15) is 5.10 Å². The maximum atomic E-state index is 7.51. The zero-order valence-corrected chi connectivity index (χ0v) is 10.2. The monoisotopic (exact) mass is 251 g/mol. The van der Waals surface area contributed by atoms with E-state index >= 15 is 0 Å². The molecular weight excluding hydrogens is 238 g/mol. The summed E-state index contributed by atoms with van der Waals surface area (Å²) in [5.41, 5.74) is 9.02. The van der Waals surface area contributed by atoms with Gasteiger partial charge < -0.3 is 5.73 Å². The smallest absolute Gasteiger partial charge is 0.144 e. The molecule has 0 aliphatic rings. The molecule has 0 saturated carbocycles. The number of rotatable bonds is 3. The van der Waals surface area contributed by atoms with Crippen molar-refractivity contribution >= 4 is 16.7 Å². The molecule has 1 aromatic carbocycles. The number of pyridine rings is 1. The minimum atomic E-state index is -0.0266. The fourth-order valence-electron chi connectivity index (χ4n) is 2.15. The molecule has 0 aliphatic carbocycles. The average molecular weight is 251 g/mol. The number of hydrogen-bond acceptors (Lipinski definition) is 3. The number of H-pyrrole nitrogens is 1. The van der Waals surface area contributed by atoms with Crippen molar-refractivity contribution in [1.29, 1.82) is 5.41 Å². The van der Waals surface area contributed by atoms with E-state index in [0.717, 1.165) is 28.6 Å². The van der Waals surface area contributed by atoms with Crippen molar-refractivity contribution in [2.75, 3.05) is 0 Å². The number of para-hydroxylation sites is 1. The quantitative estimate of drug-likeness (QED) is 0.490. The van der Waals surface area contributed by atoms with Gasteiger partial charge in [-0.25, -0.2) is 0 Å². The number of nitrogens with zero attached hydrogens (tertiary/aromatic N) is 2. The highest BCUT2D eigenvalue weighted by molar-refractivity contribution is 6.05. The number of fused-ring (bicyclic) bond motifs is 1. The van der Waals surface area contributed by atoms with Crippen LogP contribution in [0.1, 0.15) is 17.0 Å². The Morgan fingerprint density at radius 3 is 2.84 bits per heavy atom. The van der Waals surface area contributed by atoms with Crippen LogP contribution in [-0.2, 0) is 6.42 Å². The normalized spacial score (nSPS) is 10.7. The highest BCUT2D eigenvalue weighted by atomic mass is 15.1. The second-order valence-electron chi connectivity index (χ2n) is 4.32. The van der Waals surface area contributed by atoms with Gasteiger partial charge in [0.25, 0.3) is 0 Å². The molecule has 5 heteroatoms. The van der Waals surface area contributed by atoms with Gasteiger partial charge in [0.05, 0.1) is 5.52 Å². The lowest BCUT2D eigenvalue weighted by atomic mass is 10.0. The Bertz CT molecular complexity index is 730. The molecule has 0 radical (unpaired) electrons. The van der Waals surface area contributed by atoms with Crippen molar-refractivity contribution in [1.82, 2.24) is 15.2 Å². The van der Waals surface area contributed by atoms with Crippen molar-refractivity contribution in [3.63, 3.8) is 0 Å². The van der Waals surface area contributed by atoms with Gasteiger partial charge in [-0.15, -0.1) is 0 Å². The van der Waals surface area contributed by atoms with Crippen molar-refractivity contribution < 1.29 is 0 Å². The summed E-state index contributed by atoms with van der Waals surface area (Å²) in [6.07, 6.45) is 2.50. The topological polar surface area (TPSA) is 91.4 Å². The van der Waals surface area contributed by atoms with Gasteiger partial charge in [-0.3, -0.25) is 15.5 Å². The number of hydrogen-bond donors (Lipinski definition) is 3. The van der Waals surface area contributed by atoms with Gasteiger partial charge >= 0.3 is 0 Å². The fraction of sp³-hybridized carbons (Fsp3) is 0.0714. The molecule has 5 nitrogen and oxygen atoms in total. The zero-order valence-electron chi connectivity index (χ0n) is 10.2. The first-order valence-electron chi connectivity index (χ1n) is 5.96. The van der Waals surface area contributed by atoms with E-state index in [4.69, 9.17) is 11.1 Å². The molecule has 3 aromatic rings. The third kappa shape index (κ3) is 2.06. The van der Waals surface area contributed by atoms with Crippen LogP contribution in [0.25, 0.3) is 10.9 Å².